The second-order valence-electron chi connectivity index (χ2n) is 3.38. The van der Waals surface area contributed by atoms with E-state index >= 15 is 0 Å². The topological polar surface area (TPSA) is 55.4 Å². The van der Waals surface area contributed by atoms with Crippen LogP contribution in [0.3, 0.4) is 0 Å². The number of nitrogens with one attached hydrogen (secondary N) is 1. The van der Waals surface area contributed by atoms with Gasteiger partial charge in [-0.15, -0.1) is 11.8 Å². The summed E-state index contributed by atoms with van der Waals surface area (Å²) in [5.41, 5.74) is 0. The van der Waals surface area contributed by atoms with E-state index < -0.39 is 14.5 Å². The van der Waals surface area contributed by atoms with Gasteiger partial charge < -0.3 is 4.74 Å². The van der Waals surface area contributed by atoms with Gasteiger partial charge in [0.2, 0.25) is 9.84 Å². The highest BCUT2D eigenvalue weighted by Crippen LogP contribution is 2.26. The van der Waals surface area contributed by atoms with Crippen molar-refractivity contribution in [1.29, 1.82) is 0 Å². The van der Waals surface area contributed by atoms with E-state index in [-0.39, 0.29) is 0 Å². The molecule has 1 aromatic rings. The number of sulfone groups is 1. The van der Waals surface area contributed by atoms with Crippen molar-refractivity contribution in [3.63, 3.8) is 0 Å². The Labute approximate surface area is 99.3 Å². The van der Waals surface area contributed by atoms with E-state index in [9.17, 15) is 8.42 Å². The Hall–Kier alpha value is -0.720. The van der Waals surface area contributed by atoms with Gasteiger partial charge >= 0.3 is 0 Å². The van der Waals surface area contributed by atoms with Crippen LogP contribution in [0, 0.1) is 0 Å². The number of thioether (sulfide) groups is 1. The molecule has 0 saturated carbocycles. The Balaban J connectivity index is 2.28. The molecule has 0 bridgehead atoms. The highest BCUT2D eigenvalue weighted by molar-refractivity contribution is 8.13. The quantitative estimate of drug-likeness (QED) is 0.880. The molecule has 1 atom stereocenters. The van der Waals surface area contributed by atoms with Crippen LogP contribution in [-0.4, -0.2) is 32.5 Å². The molecule has 0 spiro atoms. The van der Waals surface area contributed by atoms with Crippen molar-refractivity contribution < 1.29 is 13.2 Å². The van der Waals surface area contributed by atoms with Gasteiger partial charge in [-0.1, -0.05) is 0 Å². The Morgan fingerprint density at radius 2 is 2.06 bits per heavy atom. The lowest BCUT2D eigenvalue weighted by molar-refractivity contribution is 0.414. The van der Waals surface area contributed by atoms with Gasteiger partial charge in [0, 0.05) is 12.3 Å². The minimum Gasteiger partial charge on any atom is -0.497 e. The van der Waals surface area contributed by atoms with Crippen LogP contribution in [0.25, 0.3) is 0 Å². The molecule has 0 aromatic heterocycles. The van der Waals surface area contributed by atoms with Crippen LogP contribution in [0.1, 0.15) is 0 Å². The zero-order valence-corrected chi connectivity index (χ0v) is 10.5. The van der Waals surface area contributed by atoms with Crippen molar-refractivity contribution in [2.45, 2.75) is 9.60 Å². The predicted molar refractivity (Wildman–Crippen MR) is 64.4 cm³/mol. The van der Waals surface area contributed by atoms with Crippen molar-refractivity contribution in [2.75, 3.05) is 19.4 Å². The summed E-state index contributed by atoms with van der Waals surface area (Å²) < 4.78 is 28.7. The third kappa shape index (κ3) is 2.18. The van der Waals surface area contributed by atoms with E-state index in [0.29, 0.717) is 10.6 Å². The molecule has 1 N–H and O–H groups in total. The number of hydrogen-bond acceptors (Lipinski definition) is 5. The fourth-order valence-corrected chi connectivity index (χ4v) is 4.61. The van der Waals surface area contributed by atoms with Gasteiger partial charge in [0.05, 0.1) is 12.0 Å². The van der Waals surface area contributed by atoms with E-state index in [1.54, 1.807) is 31.4 Å². The second kappa shape index (κ2) is 4.65. The minimum atomic E-state index is -3.27. The number of methoxy groups -OCH3 is 1. The second-order valence-corrected chi connectivity index (χ2v) is 6.92. The van der Waals surface area contributed by atoms with Gasteiger partial charge in [0.15, 0.2) is 4.71 Å². The van der Waals surface area contributed by atoms with E-state index in [1.807, 2.05) is 0 Å². The molecule has 1 unspecified atom stereocenters. The summed E-state index contributed by atoms with van der Waals surface area (Å²) in [6.07, 6.45) is 0. The molecule has 0 amide bonds. The maximum absolute atomic E-state index is 12.1. The Bertz CT molecular complexity index is 449. The first-order valence-electron chi connectivity index (χ1n) is 4.87. The molecule has 0 radical (unpaired) electrons. The fraction of sp³-hybridized carbons (Fsp3) is 0.400. The monoisotopic (exact) mass is 259 g/mol. The van der Waals surface area contributed by atoms with Crippen molar-refractivity contribution in [3.05, 3.63) is 24.3 Å². The number of ether oxygens (including phenoxy) is 1. The van der Waals surface area contributed by atoms with Crippen molar-refractivity contribution in [1.82, 2.24) is 5.32 Å². The van der Waals surface area contributed by atoms with Crippen LogP contribution in [0.15, 0.2) is 29.2 Å². The SMILES string of the molecule is COc1ccc(S(=O)(=O)C2NCCS2)cc1. The van der Waals surface area contributed by atoms with Gasteiger partial charge in [0.1, 0.15) is 5.75 Å². The summed E-state index contributed by atoms with van der Waals surface area (Å²) in [5.74, 6) is 1.49. The van der Waals surface area contributed by atoms with Crippen LogP contribution in [0.2, 0.25) is 0 Å². The molecule has 1 aliphatic heterocycles. The summed E-state index contributed by atoms with van der Waals surface area (Å²) in [4.78, 5) is 0.334. The zero-order valence-electron chi connectivity index (χ0n) is 8.84. The van der Waals surface area contributed by atoms with Gasteiger partial charge in [-0.2, -0.15) is 0 Å². The van der Waals surface area contributed by atoms with Crippen LogP contribution in [0.5, 0.6) is 5.75 Å². The number of benzene rings is 1. The predicted octanol–water partition coefficient (Wildman–Crippen LogP) is 1.09. The van der Waals surface area contributed by atoms with Crippen molar-refractivity contribution in [3.8, 4) is 5.75 Å². The van der Waals surface area contributed by atoms with Crippen LogP contribution >= 0.6 is 11.8 Å². The molecule has 1 heterocycles. The molecule has 2 rings (SSSR count). The normalized spacial score (nSPS) is 20.9. The lowest BCUT2D eigenvalue weighted by Crippen LogP contribution is -2.28. The largest absolute Gasteiger partial charge is 0.497 e. The first-order chi connectivity index (χ1) is 7.64. The van der Waals surface area contributed by atoms with Gasteiger partial charge in [-0.25, -0.2) is 8.42 Å². The van der Waals surface area contributed by atoms with Crippen LogP contribution in [0.4, 0.5) is 0 Å². The first kappa shape index (κ1) is 11.8. The third-order valence-corrected chi connectivity index (χ3v) is 6.09. The summed E-state index contributed by atoms with van der Waals surface area (Å²) in [5, 5.41) is 2.97. The maximum Gasteiger partial charge on any atom is 0.203 e. The third-order valence-electron chi connectivity index (χ3n) is 2.35. The molecule has 88 valence electrons. The molecule has 1 saturated heterocycles. The Morgan fingerprint density at radius 1 is 1.38 bits per heavy atom. The lowest BCUT2D eigenvalue weighted by Gasteiger charge is -2.11. The average molecular weight is 259 g/mol. The Kier molecular flexibility index (Phi) is 3.41. The van der Waals surface area contributed by atoms with Crippen LogP contribution in [-0.2, 0) is 9.84 Å². The molecular formula is C10H13NO3S2. The summed E-state index contributed by atoms with van der Waals surface area (Å²) in [6, 6.07) is 6.47. The van der Waals surface area contributed by atoms with Gasteiger partial charge in [-0.05, 0) is 24.3 Å². The lowest BCUT2D eigenvalue weighted by atomic mass is 10.3. The zero-order chi connectivity index (χ0) is 11.6. The summed E-state index contributed by atoms with van der Waals surface area (Å²) in [6.45, 7) is 0.741. The van der Waals surface area contributed by atoms with Gasteiger partial charge in [-0.3, -0.25) is 5.32 Å². The van der Waals surface area contributed by atoms with Crippen molar-refractivity contribution >= 4 is 21.6 Å². The molecule has 16 heavy (non-hydrogen) atoms. The number of hydrogen-bond donors (Lipinski definition) is 1. The standard InChI is InChI=1S/C10H13NO3S2/c1-14-8-2-4-9(5-3-8)16(12,13)10-11-6-7-15-10/h2-5,10-11H,6-7H2,1H3. The smallest absolute Gasteiger partial charge is 0.203 e. The molecule has 0 aliphatic carbocycles. The molecule has 4 nitrogen and oxygen atoms in total. The minimum absolute atomic E-state index is 0.334. The Morgan fingerprint density at radius 3 is 2.56 bits per heavy atom. The molecular weight excluding hydrogens is 246 g/mol. The van der Waals surface area contributed by atoms with E-state index in [4.69, 9.17) is 4.74 Å². The molecule has 1 aromatic carbocycles. The van der Waals surface area contributed by atoms with Crippen LogP contribution < -0.4 is 10.1 Å². The first-order valence-corrected chi connectivity index (χ1v) is 7.47. The maximum atomic E-state index is 12.1. The van der Waals surface area contributed by atoms with E-state index in [2.05, 4.69) is 5.32 Å². The van der Waals surface area contributed by atoms with Gasteiger partial charge in [0.25, 0.3) is 0 Å². The highest BCUT2D eigenvalue weighted by atomic mass is 32.3. The molecule has 1 aliphatic rings. The fourth-order valence-electron chi connectivity index (χ4n) is 1.49. The molecule has 1 fully saturated rings. The number of rotatable bonds is 3. The molecule has 6 heteroatoms. The summed E-state index contributed by atoms with van der Waals surface area (Å²) >= 11 is 1.42. The average Bonchev–Trinajstić information content (AvgIpc) is 2.83. The highest BCUT2D eigenvalue weighted by Gasteiger charge is 2.30. The van der Waals surface area contributed by atoms with Crippen molar-refractivity contribution in [2.24, 2.45) is 0 Å². The van der Waals surface area contributed by atoms with E-state index in [1.165, 1.54) is 11.8 Å². The van der Waals surface area contributed by atoms with E-state index in [0.717, 1.165) is 12.3 Å². The summed E-state index contributed by atoms with van der Waals surface area (Å²) in [7, 11) is -1.71.